The number of rotatable bonds is 2. The van der Waals surface area contributed by atoms with E-state index in [0.29, 0.717) is 6.04 Å². The fourth-order valence-electron chi connectivity index (χ4n) is 1.91. The second-order valence-corrected chi connectivity index (χ2v) is 6.05. The molecule has 0 amide bonds. The maximum atomic E-state index is 4.36. The zero-order valence-electron chi connectivity index (χ0n) is 9.06. The number of thioether (sulfide) groups is 1. The van der Waals surface area contributed by atoms with Crippen LogP contribution >= 0.6 is 23.1 Å². The van der Waals surface area contributed by atoms with Crippen molar-refractivity contribution in [1.29, 1.82) is 0 Å². The first-order chi connectivity index (χ1) is 7.84. The average Bonchev–Trinajstić information content (AvgIpc) is 2.90. The van der Waals surface area contributed by atoms with E-state index in [1.165, 1.54) is 28.2 Å². The highest BCUT2D eigenvalue weighted by atomic mass is 32.2. The van der Waals surface area contributed by atoms with Crippen LogP contribution in [0.1, 0.15) is 12.0 Å². The van der Waals surface area contributed by atoms with Gasteiger partial charge < -0.3 is 5.32 Å². The monoisotopic (exact) mass is 251 g/mol. The summed E-state index contributed by atoms with van der Waals surface area (Å²) < 4.78 is 1.19. The predicted molar refractivity (Wildman–Crippen MR) is 71.5 cm³/mol. The summed E-state index contributed by atoms with van der Waals surface area (Å²) in [5.74, 6) is 3.46. The maximum Gasteiger partial charge on any atom is 0.147 e. The maximum absolute atomic E-state index is 4.36. The van der Waals surface area contributed by atoms with Crippen LogP contribution < -0.4 is 5.32 Å². The average molecular weight is 251 g/mol. The van der Waals surface area contributed by atoms with Crippen LogP contribution in [-0.2, 0) is 0 Å². The fourth-order valence-corrected chi connectivity index (χ4v) is 4.02. The van der Waals surface area contributed by atoms with Crippen molar-refractivity contribution < 1.29 is 0 Å². The Labute approximate surface area is 103 Å². The second kappa shape index (κ2) is 4.22. The molecule has 3 rings (SSSR count). The van der Waals surface area contributed by atoms with Crippen molar-refractivity contribution in [2.75, 3.05) is 16.8 Å². The van der Waals surface area contributed by atoms with Crippen LogP contribution in [0.3, 0.4) is 0 Å². The van der Waals surface area contributed by atoms with Crippen molar-refractivity contribution in [3.63, 3.8) is 0 Å². The number of aryl methyl sites for hydroxylation is 1. The Morgan fingerprint density at radius 3 is 3.19 bits per heavy atom. The van der Waals surface area contributed by atoms with Crippen molar-refractivity contribution in [2.45, 2.75) is 19.4 Å². The Hall–Kier alpha value is -0.810. The van der Waals surface area contributed by atoms with Gasteiger partial charge in [0, 0.05) is 11.8 Å². The van der Waals surface area contributed by atoms with Crippen molar-refractivity contribution in [1.82, 2.24) is 9.97 Å². The molecule has 0 radical (unpaired) electrons. The lowest BCUT2D eigenvalue weighted by atomic mass is 10.2. The highest BCUT2D eigenvalue weighted by molar-refractivity contribution is 7.99. The van der Waals surface area contributed by atoms with Crippen LogP contribution in [0.15, 0.2) is 11.7 Å². The quantitative estimate of drug-likeness (QED) is 0.890. The van der Waals surface area contributed by atoms with E-state index in [9.17, 15) is 0 Å². The minimum absolute atomic E-state index is 0.575. The molecule has 5 heteroatoms. The van der Waals surface area contributed by atoms with Crippen LogP contribution in [0.2, 0.25) is 0 Å². The van der Waals surface area contributed by atoms with Gasteiger partial charge >= 0.3 is 0 Å². The van der Waals surface area contributed by atoms with E-state index in [4.69, 9.17) is 0 Å². The minimum atomic E-state index is 0.575. The smallest absolute Gasteiger partial charge is 0.147 e. The molecule has 16 heavy (non-hydrogen) atoms. The molecule has 0 bridgehead atoms. The van der Waals surface area contributed by atoms with Gasteiger partial charge in [-0.2, -0.15) is 11.8 Å². The lowest BCUT2D eigenvalue weighted by Gasteiger charge is -2.11. The van der Waals surface area contributed by atoms with E-state index in [2.05, 4.69) is 27.6 Å². The Kier molecular flexibility index (Phi) is 2.73. The topological polar surface area (TPSA) is 37.8 Å². The Bertz CT molecular complexity index is 503. The van der Waals surface area contributed by atoms with E-state index in [1.807, 2.05) is 11.8 Å². The summed E-state index contributed by atoms with van der Waals surface area (Å²) >= 11 is 3.74. The number of nitrogens with one attached hydrogen (secondary N) is 1. The molecule has 84 valence electrons. The molecule has 0 aromatic carbocycles. The molecule has 0 saturated carbocycles. The third-order valence-electron chi connectivity index (χ3n) is 2.80. The van der Waals surface area contributed by atoms with Crippen LogP contribution in [0, 0.1) is 6.92 Å². The fraction of sp³-hybridized carbons (Fsp3) is 0.455. The lowest BCUT2D eigenvalue weighted by Crippen LogP contribution is -2.18. The predicted octanol–water partition coefficient (Wildman–Crippen LogP) is 2.92. The van der Waals surface area contributed by atoms with Gasteiger partial charge in [0.2, 0.25) is 0 Å². The van der Waals surface area contributed by atoms with Crippen LogP contribution in [-0.4, -0.2) is 27.5 Å². The molecule has 1 aliphatic heterocycles. The van der Waals surface area contributed by atoms with Gasteiger partial charge in [0.1, 0.15) is 12.1 Å². The summed E-state index contributed by atoms with van der Waals surface area (Å²) in [6.07, 6.45) is 2.90. The van der Waals surface area contributed by atoms with E-state index in [-0.39, 0.29) is 0 Å². The summed E-state index contributed by atoms with van der Waals surface area (Å²) in [6.45, 7) is 2.10. The van der Waals surface area contributed by atoms with Crippen molar-refractivity contribution in [2.24, 2.45) is 0 Å². The normalized spacial score (nSPS) is 20.4. The number of nitrogens with zero attached hydrogens (tertiary/aromatic N) is 2. The molecule has 1 fully saturated rings. The summed E-state index contributed by atoms with van der Waals surface area (Å²) in [5.41, 5.74) is 2.33. The number of aromatic nitrogens is 2. The third-order valence-corrected chi connectivity index (χ3v) is 5.06. The van der Waals surface area contributed by atoms with Crippen LogP contribution in [0.25, 0.3) is 10.2 Å². The van der Waals surface area contributed by atoms with Gasteiger partial charge in [-0.1, -0.05) is 0 Å². The van der Waals surface area contributed by atoms with E-state index >= 15 is 0 Å². The first-order valence-electron chi connectivity index (χ1n) is 5.37. The molecule has 2 aromatic heterocycles. The largest absolute Gasteiger partial charge is 0.365 e. The Morgan fingerprint density at radius 2 is 2.38 bits per heavy atom. The summed E-state index contributed by atoms with van der Waals surface area (Å²) in [7, 11) is 0. The molecule has 0 spiro atoms. The molecule has 0 aliphatic carbocycles. The highest BCUT2D eigenvalue weighted by Gasteiger charge is 2.17. The number of thiophene rings is 1. The zero-order valence-corrected chi connectivity index (χ0v) is 10.7. The van der Waals surface area contributed by atoms with Crippen molar-refractivity contribution >= 4 is 39.1 Å². The molecule has 1 unspecified atom stereocenters. The summed E-state index contributed by atoms with van der Waals surface area (Å²) in [5, 5.41) is 5.68. The van der Waals surface area contributed by atoms with Gasteiger partial charge in [0.05, 0.1) is 10.2 Å². The standard InChI is InChI=1S/C11H13N3S2/c1-7-4-16-10-9(7)12-6-13-11(10)14-8-2-3-15-5-8/h4,6,8H,2-3,5H2,1H3,(H,12,13,14). The second-order valence-electron chi connectivity index (χ2n) is 4.02. The SMILES string of the molecule is Cc1csc2c(NC3CCSC3)ncnc12. The molecular weight excluding hydrogens is 238 g/mol. The molecule has 1 atom stereocenters. The summed E-state index contributed by atoms with van der Waals surface area (Å²) in [6, 6.07) is 0.575. The number of hydrogen-bond acceptors (Lipinski definition) is 5. The van der Waals surface area contributed by atoms with Crippen molar-refractivity contribution in [3.8, 4) is 0 Å². The van der Waals surface area contributed by atoms with Gasteiger partial charge in [-0.3, -0.25) is 0 Å². The van der Waals surface area contributed by atoms with E-state index in [0.717, 1.165) is 11.3 Å². The summed E-state index contributed by atoms with van der Waals surface area (Å²) in [4.78, 5) is 8.69. The van der Waals surface area contributed by atoms with Gasteiger partial charge in [0.25, 0.3) is 0 Å². The van der Waals surface area contributed by atoms with Gasteiger partial charge in [-0.25, -0.2) is 9.97 Å². The van der Waals surface area contributed by atoms with Crippen LogP contribution in [0.5, 0.6) is 0 Å². The molecule has 2 aromatic rings. The van der Waals surface area contributed by atoms with E-state index in [1.54, 1.807) is 17.7 Å². The third kappa shape index (κ3) is 1.78. The lowest BCUT2D eigenvalue weighted by molar-refractivity contribution is 0.808. The molecule has 1 saturated heterocycles. The number of anilines is 1. The molecule has 1 aliphatic rings. The Morgan fingerprint density at radius 1 is 1.44 bits per heavy atom. The van der Waals surface area contributed by atoms with Gasteiger partial charge in [-0.05, 0) is 30.0 Å². The number of fused-ring (bicyclic) bond motifs is 1. The van der Waals surface area contributed by atoms with Crippen molar-refractivity contribution in [3.05, 3.63) is 17.3 Å². The zero-order chi connectivity index (χ0) is 11.0. The first-order valence-corrected chi connectivity index (χ1v) is 7.41. The number of hydrogen-bond donors (Lipinski definition) is 1. The first kappa shape index (κ1) is 10.4. The van der Waals surface area contributed by atoms with Gasteiger partial charge in [0.15, 0.2) is 0 Å². The molecule has 3 heterocycles. The molecule has 3 nitrogen and oxygen atoms in total. The van der Waals surface area contributed by atoms with Gasteiger partial charge in [-0.15, -0.1) is 11.3 Å². The highest BCUT2D eigenvalue weighted by Crippen LogP contribution is 2.30. The molecular formula is C11H13N3S2. The van der Waals surface area contributed by atoms with E-state index < -0.39 is 0 Å². The van der Waals surface area contributed by atoms with Crippen LogP contribution in [0.4, 0.5) is 5.82 Å². The minimum Gasteiger partial charge on any atom is -0.365 e. The molecule has 1 N–H and O–H groups in total. The Balaban J connectivity index is 1.96.